The standard InChI is InChI=1S/C48H28N4S/c1-3-15-29(16-4-1)47-49-36-23-11-7-19-31(36)48(50-47)52-38-25-13-8-20-32(38)41-35-27-28-40-42(34-22-10-14-26-39(34)53-40)43(35)44-33-21-9-12-24-37(33)51(46(44)45(41)52)30-17-5-2-6-18-30/h1-28H. The highest BCUT2D eigenvalue weighted by molar-refractivity contribution is 7.26. The van der Waals surface area contributed by atoms with Gasteiger partial charge in [-0.25, -0.2) is 9.97 Å². The van der Waals surface area contributed by atoms with Crippen LogP contribution in [0.3, 0.4) is 0 Å². The molecule has 0 bridgehead atoms. The first-order chi connectivity index (χ1) is 26.3. The van der Waals surface area contributed by atoms with Crippen molar-refractivity contribution in [2.24, 2.45) is 0 Å². The van der Waals surface area contributed by atoms with E-state index in [-0.39, 0.29) is 0 Å². The molecule has 0 atom stereocenters. The molecular formula is C48H28N4S. The zero-order valence-corrected chi connectivity index (χ0v) is 29.2. The highest BCUT2D eigenvalue weighted by atomic mass is 32.1. The summed E-state index contributed by atoms with van der Waals surface area (Å²) in [7, 11) is 0. The highest BCUT2D eigenvalue weighted by Crippen LogP contribution is 2.50. The first-order valence-corrected chi connectivity index (χ1v) is 18.8. The smallest absolute Gasteiger partial charge is 0.162 e. The van der Waals surface area contributed by atoms with Crippen molar-refractivity contribution in [3.63, 3.8) is 0 Å². The third-order valence-electron chi connectivity index (χ3n) is 10.9. The Morgan fingerprint density at radius 1 is 0.377 bits per heavy atom. The molecule has 0 aliphatic heterocycles. The molecule has 246 valence electrons. The highest BCUT2D eigenvalue weighted by Gasteiger charge is 2.27. The van der Waals surface area contributed by atoms with E-state index in [9.17, 15) is 0 Å². The van der Waals surface area contributed by atoms with E-state index in [0.29, 0.717) is 5.82 Å². The number of thiophene rings is 1. The maximum atomic E-state index is 5.48. The summed E-state index contributed by atoms with van der Waals surface area (Å²) in [6.07, 6.45) is 0. The van der Waals surface area contributed by atoms with Crippen LogP contribution >= 0.6 is 11.3 Å². The summed E-state index contributed by atoms with van der Waals surface area (Å²) < 4.78 is 7.51. The van der Waals surface area contributed by atoms with Crippen LogP contribution in [0, 0.1) is 0 Å². The summed E-state index contributed by atoms with van der Waals surface area (Å²) in [4.78, 5) is 10.6. The van der Waals surface area contributed by atoms with Crippen LogP contribution in [0.5, 0.6) is 0 Å². The third-order valence-corrected chi connectivity index (χ3v) is 12.0. The Kier molecular flexibility index (Phi) is 5.90. The van der Waals surface area contributed by atoms with Gasteiger partial charge in [-0.2, -0.15) is 0 Å². The van der Waals surface area contributed by atoms with Gasteiger partial charge in [-0.3, -0.25) is 4.57 Å². The van der Waals surface area contributed by atoms with Gasteiger partial charge < -0.3 is 4.57 Å². The zero-order valence-electron chi connectivity index (χ0n) is 28.4. The molecule has 8 aromatic carbocycles. The van der Waals surface area contributed by atoms with Crippen LogP contribution in [-0.2, 0) is 0 Å². The van der Waals surface area contributed by atoms with Crippen LogP contribution in [0.15, 0.2) is 170 Å². The van der Waals surface area contributed by atoms with Crippen molar-refractivity contribution in [2.45, 2.75) is 0 Å². The summed E-state index contributed by atoms with van der Waals surface area (Å²) >= 11 is 1.88. The molecule has 5 heteroatoms. The van der Waals surface area contributed by atoms with Crippen molar-refractivity contribution in [1.82, 2.24) is 19.1 Å². The monoisotopic (exact) mass is 692 g/mol. The van der Waals surface area contributed by atoms with Crippen molar-refractivity contribution < 1.29 is 0 Å². The van der Waals surface area contributed by atoms with Gasteiger partial charge in [-0.15, -0.1) is 11.3 Å². The average molecular weight is 693 g/mol. The molecule has 4 aromatic heterocycles. The van der Waals surface area contributed by atoms with Crippen LogP contribution in [0.2, 0.25) is 0 Å². The van der Waals surface area contributed by atoms with Gasteiger partial charge >= 0.3 is 0 Å². The lowest BCUT2D eigenvalue weighted by molar-refractivity contribution is 1.07. The number of hydrogen-bond donors (Lipinski definition) is 0. The second-order valence-corrected chi connectivity index (χ2v) is 14.8. The lowest BCUT2D eigenvalue weighted by Gasteiger charge is -2.16. The number of para-hydroxylation sites is 4. The summed E-state index contributed by atoms with van der Waals surface area (Å²) in [5.74, 6) is 1.57. The maximum absolute atomic E-state index is 5.48. The topological polar surface area (TPSA) is 35.6 Å². The molecule has 12 rings (SSSR count). The van der Waals surface area contributed by atoms with Crippen molar-refractivity contribution in [3.8, 4) is 22.9 Å². The van der Waals surface area contributed by atoms with E-state index in [1.807, 2.05) is 17.4 Å². The SMILES string of the molecule is c1ccc(-c2nc(-n3c4ccccc4c4c5ccc6sc7ccccc7c6c5c5c6ccccc6n(-c6ccccc6)c5c43)c3ccccc3n2)cc1. The zero-order chi connectivity index (χ0) is 34.6. The van der Waals surface area contributed by atoms with Crippen LogP contribution in [0.25, 0.3) is 108 Å². The first kappa shape index (κ1) is 28.8. The van der Waals surface area contributed by atoms with Gasteiger partial charge in [0.15, 0.2) is 5.82 Å². The molecule has 12 aromatic rings. The van der Waals surface area contributed by atoms with Crippen molar-refractivity contribution in [3.05, 3.63) is 170 Å². The number of hydrogen-bond acceptors (Lipinski definition) is 3. The summed E-state index contributed by atoms with van der Waals surface area (Å²) in [6.45, 7) is 0. The molecule has 0 spiro atoms. The first-order valence-electron chi connectivity index (χ1n) is 17.9. The minimum Gasteiger partial charge on any atom is -0.307 e. The summed E-state index contributed by atoms with van der Waals surface area (Å²) in [5.41, 5.74) is 7.61. The van der Waals surface area contributed by atoms with E-state index in [4.69, 9.17) is 9.97 Å². The largest absolute Gasteiger partial charge is 0.307 e. The second kappa shape index (κ2) is 10.8. The molecule has 0 fully saturated rings. The lowest BCUT2D eigenvalue weighted by atomic mass is 9.95. The van der Waals surface area contributed by atoms with Crippen molar-refractivity contribution >= 4 is 96.8 Å². The normalized spacial score (nSPS) is 12.2. The van der Waals surface area contributed by atoms with E-state index in [0.717, 1.165) is 39.0 Å². The quantitative estimate of drug-likeness (QED) is 0.185. The predicted octanol–water partition coefficient (Wildman–Crippen LogP) is 13.0. The number of rotatable bonds is 3. The molecule has 4 nitrogen and oxygen atoms in total. The molecule has 4 heterocycles. The van der Waals surface area contributed by atoms with Gasteiger partial charge in [0.25, 0.3) is 0 Å². The fraction of sp³-hybridized carbons (Fsp3) is 0. The molecule has 0 aliphatic rings. The number of nitrogens with zero attached hydrogens (tertiary/aromatic N) is 4. The molecule has 0 N–H and O–H groups in total. The second-order valence-electron chi connectivity index (χ2n) is 13.7. The van der Waals surface area contributed by atoms with E-state index in [2.05, 4.69) is 173 Å². The van der Waals surface area contributed by atoms with Gasteiger partial charge in [0.1, 0.15) is 5.82 Å². The van der Waals surface area contributed by atoms with Crippen molar-refractivity contribution in [1.29, 1.82) is 0 Å². The van der Waals surface area contributed by atoms with Crippen LogP contribution in [0.4, 0.5) is 0 Å². The molecule has 53 heavy (non-hydrogen) atoms. The predicted molar refractivity (Wildman–Crippen MR) is 224 cm³/mol. The minimum absolute atomic E-state index is 0.706. The Labute approximate surface area is 307 Å². The molecule has 0 aliphatic carbocycles. The number of aromatic nitrogens is 4. The summed E-state index contributed by atoms with van der Waals surface area (Å²) in [6, 6.07) is 60.9. The van der Waals surface area contributed by atoms with Gasteiger partial charge in [0.05, 0.1) is 27.6 Å². The number of benzene rings is 8. The van der Waals surface area contributed by atoms with Crippen molar-refractivity contribution in [2.75, 3.05) is 0 Å². The summed E-state index contributed by atoms with van der Waals surface area (Å²) in [5, 5.41) is 11.1. The third kappa shape index (κ3) is 3.94. The molecule has 0 saturated carbocycles. The van der Waals surface area contributed by atoms with Gasteiger partial charge in [0, 0.05) is 63.7 Å². The lowest BCUT2D eigenvalue weighted by Crippen LogP contribution is -2.04. The van der Waals surface area contributed by atoms with Gasteiger partial charge in [-0.1, -0.05) is 121 Å². The fourth-order valence-electron chi connectivity index (χ4n) is 8.75. The molecule has 0 saturated heterocycles. The van der Waals surface area contributed by atoms with E-state index in [1.54, 1.807) is 0 Å². The van der Waals surface area contributed by atoms with E-state index >= 15 is 0 Å². The van der Waals surface area contributed by atoms with Gasteiger partial charge in [0.2, 0.25) is 0 Å². The maximum Gasteiger partial charge on any atom is 0.162 e. The number of fused-ring (bicyclic) bond motifs is 15. The van der Waals surface area contributed by atoms with Gasteiger partial charge in [-0.05, 0) is 53.9 Å². The molecular weight excluding hydrogens is 665 g/mol. The Hall–Kier alpha value is -6.82. The van der Waals surface area contributed by atoms with Crippen LogP contribution in [0.1, 0.15) is 0 Å². The molecule has 0 radical (unpaired) electrons. The van der Waals surface area contributed by atoms with E-state index < -0.39 is 0 Å². The van der Waals surface area contributed by atoms with Crippen LogP contribution < -0.4 is 0 Å². The van der Waals surface area contributed by atoms with Crippen LogP contribution in [-0.4, -0.2) is 19.1 Å². The molecule has 0 unspecified atom stereocenters. The van der Waals surface area contributed by atoms with E-state index in [1.165, 1.54) is 63.5 Å². The Morgan fingerprint density at radius 3 is 1.77 bits per heavy atom. The minimum atomic E-state index is 0.706. The Bertz CT molecular complexity index is 3450. The fourth-order valence-corrected chi connectivity index (χ4v) is 9.86. The Balaban J connectivity index is 1.42. The molecule has 0 amide bonds. The Morgan fingerprint density at radius 2 is 0.981 bits per heavy atom. The average Bonchev–Trinajstić information content (AvgIpc) is 3.89.